The molecule has 0 saturated heterocycles. The van der Waals surface area contributed by atoms with Gasteiger partial charge in [0.1, 0.15) is 10.7 Å². The highest BCUT2D eigenvalue weighted by Gasteiger charge is 2.25. The minimum absolute atomic E-state index is 0.0562. The summed E-state index contributed by atoms with van der Waals surface area (Å²) in [6.07, 6.45) is 0. The molecule has 1 aliphatic heterocycles. The molecule has 0 fully saturated rings. The summed E-state index contributed by atoms with van der Waals surface area (Å²) < 4.78 is 37.9. The van der Waals surface area contributed by atoms with Gasteiger partial charge in [0, 0.05) is 0 Å². The number of sulfonamides is 1. The first-order valence-electron chi connectivity index (χ1n) is 3.73. The fraction of sp³-hybridized carbons (Fsp3) is 0.143. The molecule has 0 amide bonds. The van der Waals surface area contributed by atoms with Crippen molar-refractivity contribution in [1.82, 2.24) is 4.72 Å². The maximum Gasteiger partial charge on any atom is 0.244 e. The number of benzene rings is 1. The fourth-order valence-corrected chi connectivity index (χ4v) is 2.70. The molecule has 0 atom stereocenters. The Kier molecular flexibility index (Phi) is 2.13. The van der Waals surface area contributed by atoms with Crippen LogP contribution in [0.1, 0.15) is 0 Å². The summed E-state index contributed by atoms with van der Waals surface area (Å²) in [6.45, 7) is 0.0562. The lowest BCUT2D eigenvalue weighted by molar-refractivity contribution is 0.577. The van der Waals surface area contributed by atoms with E-state index in [1.807, 2.05) is 0 Å². The Hall–Kier alpha value is -0.850. The summed E-state index contributed by atoms with van der Waals surface area (Å²) in [6, 6.07) is 1.99. The molecule has 0 saturated carbocycles. The largest absolute Gasteiger partial charge is 0.369 e. The zero-order valence-corrected chi connectivity index (χ0v) is 8.41. The van der Waals surface area contributed by atoms with Gasteiger partial charge in [-0.3, -0.25) is 0 Å². The van der Waals surface area contributed by atoms with Crippen molar-refractivity contribution in [2.45, 2.75) is 4.90 Å². The van der Waals surface area contributed by atoms with Crippen LogP contribution in [-0.4, -0.2) is 15.1 Å². The summed E-state index contributed by atoms with van der Waals surface area (Å²) in [4.78, 5) is -0.159. The van der Waals surface area contributed by atoms with Crippen molar-refractivity contribution < 1.29 is 12.8 Å². The number of anilines is 1. The van der Waals surface area contributed by atoms with Crippen LogP contribution >= 0.6 is 11.6 Å². The smallest absolute Gasteiger partial charge is 0.244 e. The lowest BCUT2D eigenvalue weighted by Crippen LogP contribution is -2.34. The highest BCUT2D eigenvalue weighted by Crippen LogP contribution is 2.32. The second-order valence-corrected chi connectivity index (χ2v) is 4.90. The van der Waals surface area contributed by atoms with Gasteiger partial charge in [-0.1, -0.05) is 11.6 Å². The Bertz CT molecular complexity index is 489. The maximum atomic E-state index is 12.9. The third-order valence-corrected chi connectivity index (χ3v) is 3.56. The van der Waals surface area contributed by atoms with Gasteiger partial charge >= 0.3 is 0 Å². The predicted octanol–water partition coefficient (Wildman–Crippen LogP) is 1.14. The van der Waals surface area contributed by atoms with E-state index in [-0.39, 0.29) is 22.3 Å². The molecule has 0 radical (unpaired) electrons. The topological polar surface area (TPSA) is 58.2 Å². The van der Waals surface area contributed by atoms with Crippen molar-refractivity contribution in [3.63, 3.8) is 0 Å². The third kappa shape index (κ3) is 1.45. The molecule has 1 aromatic rings. The van der Waals surface area contributed by atoms with Crippen molar-refractivity contribution in [3.8, 4) is 0 Å². The summed E-state index contributed by atoms with van der Waals surface area (Å²) in [5.41, 5.74) is 0.242. The third-order valence-electron chi connectivity index (χ3n) is 1.84. The molecule has 1 aromatic carbocycles. The number of hydrogen-bond donors (Lipinski definition) is 2. The molecule has 1 aliphatic rings. The number of rotatable bonds is 0. The van der Waals surface area contributed by atoms with E-state index in [1.54, 1.807) is 0 Å². The van der Waals surface area contributed by atoms with Gasteiger partial charge in [-0.05, 0) is 12.1 Å². The van der Waals surface area contributed by atoms with Gasteiger partial charge in [-0.25, -0.2) is 12.8 Å². The van der Waals surface area contributed by atoms with E-state index in [2.05, 4.69) is 10.0 Å². The molecular formula is C7H6ClFN2O2S. The Morgan fingerprint density at radius 3 is 2.86 bits per heavy atom. The Morgan fingerprint density at radius 1 is 1.43 bits per heavy atom. The minimum Gasteiger partial charge on any atom is -0.369 e. The Morgan fingerprint density at radius 2 is 2.14 bits per heavy atom. The van der Waals surface area contributed by atoms with Crippen LogP contribution < -0.4 is 10.0 Å². The van der Waals surface area contributed by atoms with Crippen molar-refractivity contribution in [2.24, 2.45) is 0 Å². The lowest BCUT2D eigenvalue weighted by Gasteiger charge is -2.20. The first kappa shape index (κ1) is 9.70. The number of hydrogen-bond acceptors (Lipinski definition) is 3. The standard InChI is InChI=1S/C7H6ClFN2O2S/c8-5-1-4(9)2-6-7(5)10-3-11-14(6,12)13/h1-2,10-11H,3H2. The molecule has 14 heavy (non-hydrogen) atoms. The molecule has 76 valence electrons. The molecular weight excluding hydrogens is 231 g/mol. The van der Waals surface area contributed by atoms with E-state index >= 15 is 0 Å². The highest BCUT2D eigenvalue weighted by molar-refractivity contribution is 7.89. The summed E-state index contributed by atoms with van der Waals surface area (Å²) in [5.74, 6) is -0.678. The van der Waals surface area contributed by atoms with E-state index in [0.29, 0.717) is 0 Å². The zero-order valence-electron chi connectivity index (χ0n) is 6.84. The molecule has 0 unspecified atom stereocenters. The fourth-order valence-electron chi connectivity index (χ4n) is 1.23. The quantitative estimate of drug-likeness (QED) is 0.710. The maximum absolute atomic E-state index is 12.9. The van der Waals surface area contributed by atoms with Crippen LogP contribution in [0.4, 0.5) is 10.1 Å². The van der Waals surface area contributed by atoms with E-state index < -0.39 is 15.8 Å². The molecule has 2 N–H and O–H groups in total. The van der Waals surface area contributed by atoms with Crippen LogP contribution in [0.5, 0.6) is 0 Å². The van der Waals surface area contributed by atoms with Crippen molar-refractivity contribution in [3.05, 3.63) is 23.0 Å². The van der Waals surface area contributed by atoms with E-state index in [9.17, 15) is 12.8 Å². The van der Waals surface area contributed by atoms with Crippen LogP contribution in [0.2, 0.25) is 5.02 Å². The van der Waals surface area contributed by atoms with Crippen LogP contribution in [0.15, 0.2) is 17.0 Å². The average Bonchev–Trinajstić information content (AvgIpc) is 2.06. The lowest BCUT2D eigenvalue weighted by atomic mass is 10.3. The van der Waals surface area contributed by atoms with Crippen LogP contribution in [-0.2, 0) is 10.0 Å². The molecule has 1 heterocycles. The summed E-state index contributed by atoms with van der Waals surface area (Å²) >= 11 is 5.68. The van der Waals surface area contributed by atoms with Gasteiger partial charge in [-0.2, -0.15) is 4.72 Å². The predicted molar refractivity (Wildman–Crippen MR) is 50.2 cm³/mol. The molecule has 7 heteroatoms. The molecule has 4 nitrogen and oxygen atoms in total. The normalized spacial score (nSPS) is 18.4. The van der Waals surface area contributed by atoms with Gasteiger partial charge in [0.25, 0.3) is 0 Å². The van der Waals surface area contributed by atoms with Crippen LogP contribution in [0.25, 0.3) is 0 Å². The number of halogens is 2. The molecule has 2 rings (SSSR count). The van der Waals surface area contributed by atoms with E-state index in [0.717, 1.165) is 12.1 Å². The average molecular weight is 237 g/mol. The van der Waals surface area contributed by atoms with Crippen molar-refractivity contribution in [2.75, 3.05) is 12.0 Å². The van der Waals surface area contributed by atoms with Crippen molar-refractivity contribution >= 4 is 27.3 Å². The van der Waals surface area contributed by atoms with Crippen LogP contribution in [0.3, 0.4) is 0 Å². The number of nitrogens with one attached hydrogen (secondary N) is 2. The van der Waals surface area contributed by atoms with E-state index in [1.165, 1.54) is 0 Å². The van der Waals surface area contributed by atoms with Gasteiger partial charge in [0.05, 0.1) is 17.4 Å². The number of fused-ring (bicyclic) bond motifs is 1. The Balaban J connectivity index is 2.76. The van der Waals surface area contributed by atoms with Gasteiger partial charge in [0.15, 0.2) is 0 Å². The SMILES string of the molecule is O=S1(=O)NCNc2c(Cl)cc(F)cc21. The zero-order chi connectivity index (χ0) is 10.3. The van der Waals surface area contributed by atoms with Crippen molar-refractivity contribution in [1.29, 1.82) is 0 Å². The second kappa shape index (κ2) is 3.08. The van der Waals surface area contributed by atoms with Gasteiger partial charge in [-0.15, -0.1) is 0 Å². The first-order valence-corrected chi connectivity index (χ1v) is 5.59. The second-order valence-electron chi connectivity index (χ2n) is 2.76. The monoisotopic (exact) mass is 236 g/mol. The van der Waals surface area contributed by atoms with Gasteiger partial charge in [0.2, 0.25) is 10.0 Å². The van der Waals surface area contributed by atoms with Gasteiger partial charge < -0.3 is 5.32 Å². The van der Waals surface area contributed by atoms with Crippen LogP contribution in [0, 0.1) is 5.82 Å². The molecule has 0 bridgehead atoms. The Labute approximate surface area is 85.1 Å². The molecule has 0 aromatic heterocycles. The van der Waals surface area contributed by atoms with E-state index in [4.69, 9.17) is 11.6 Å². The molecule has 0 aliphatic carbocycles. The first-order chi connectivity index (χ1) is 6.50. The summed E-state index contributed by atoms with van der Waals surface area (Å²) in [7, 11) is -3.62. The molecule has 0 spiro atoms. The minimum atomic E-state index is -3.62. The summed E-state index contributed by atoms with van der Waals surface area (Å²) in [5, 5.41) is 2.79. The highest BCUT2D eigenvalue weighted by atomic mass is 35.5.